The van der Waals surface area contributed by atoms with E-state index in [0.29, 0.717) is 17.3 Å². The maximum Gasteiger partial charge on any atom is 0.261 e. The molecule has 4 rings (SSSR count). The van der Waals surface area contributed by atoms with Gasteiger partial charge in [0.1, 0.15) is 23.3 Å². The maximum absolute atomic E-state index is 13.3. The van der Waals surface area contributed by atoms with E-state index in [1.165, 1.54) is 0 Å². The van der Waals surface area contributed by atoms with Gasteiger partial charge in [-0.2, -0.15) is 0 Å². The Morgan fingerprint density at radius 3 is 2.35 bits per heavy atom. The minimum absolute atomic E-state index is 0.119. The Bertz CT molecular complexity index is 1200. The summed E-state index contributed by atoms with van der Waals surface area (Å²) in [6.45, 7) is 3.83. The molecule has 1 aliphatic heterocycles. The van der Waals surface area contributed by atoms with Crippen LogP contribution in [0.1, 0.15) is 18.7 Å². The Morgan fingerprint density at radius 1 is 1.00 bits per heavy atom. The second kappa shape index (κ2) is 8.68. The number of aryl methyl sites for hydroxylation is 1. The summed E-state index contributed by atoms with van der Waals surface area (Å²) in [5.41, 5.74) is 1.11. The van der Waals surface area contributed by atoms with Crippen molar-refractivity contribution in [2.75, 3.05) is 28.0 Å². The Balaban J connectivity index is 1.48. The lowest BCUT2D eigenvalue weighted by molar-refractivity contribution is 0.599. The smallest absolute Gasteiger partial charge is 0.261 e. The van der Waals surface area contributed by atoms with Crippen LogP contribution < -0.4 is 14.9 Å². The van der Waals surface area contributed by atoms with Gasteiger partial charge >= 0.3 is 0 Å². The monoisotopic (exact) mass is 461 g/mol. The number of hydrogen-bond donors (Lipinski definition) is 2. The normalized spacial score (nSPS) is 14.0. The highest BCUT2D eigenvalue weighted by Gasteiger charge is 2.17. The van der Waals surface area contributed by atoms with Crippen molar-refractivity contribution in [3.8, 4) is 0 Å². The van der Waals surface area contributed by atoms with Crippen LogP contribution in [0, 0.1) is 12.7 Å². The molecule has 2 heterocycles. The van der Waals surface area contributed by atoms with Gasteiger partial charge in [0.2, 0.25) is 0 Å². The quantitative estimate of drug-likeness (QED) is 0.552. The first-order valence-corrected chi connectivity index (χ1v) is 11.6. The number of nitrogens with zero attached hydrogens (tertiary/aromatic N) is 3. The molecule has 0 amide bonds. The van der Waals surface area contributed by atoms with E-state index >= 15 is 0 Å². The molecule has 0 bridgehead atoms. The standard InChI is InChI=1S/C21H21ClFN5O2S/c1-14-24-20(13-21(25-14)28-10-2-3-11-28)26-15-4-6-16(7-5-15)27-31(29,30)17-8-9-19(23)18(22)12-17/h4-9,12-13,27H,2-3,10-11H2,1H3,(H,24,25,26). The van der Waals surface area contributed by atoms with Crippen molar-refractivity contribution >= 4 is 44.6 Å². The van der Waals surface area contributed by atoms with E-state index in [9.17, 15) is 12.8 Å². The van der Waals surface area contributed by atoms with Crippen LogP contribution >= 0.6 is 11.6 Å². The van der Waals surface area contributed by atoms with Gasteiger partial charge in [0.05, 0.1) is 9.92 Å². The number of benzene rings is 2. The fourth-order valence-corrected chi connectivity index (χ4v) is 4.68. The average molecular weight is 462 g/mol. The van der Waals surface area contributed by atoms with Crippen molar-refractivity contribution in [2.45, 2.75) is 24.7 Å². The summed E-state index contributed by atoms with van der Waals surface area (Å²) in [6.07, 6.45) is 2.32. The van der Waals surface area contributed by atoms with Gasteiger partial charge in [-0.25, -0.2) is 22.8 Å². The third-order valence-electron chi connectivity index (χ3n) is 4.87. The zero-order valence-corrected chi connectivity index (χ0v) is 18.3. The lowest BCUT2D eigenvalue weighted by Crippen LogP contribution is -2.19. The van der Waals surface area contributed by atoms with Crippen LogP contribution in [0.4, 0.5) is 27.4 Å². The third-order valence-corrected chi connectivity index (χ3v) is 6.53. The number of aromatic nitrogens is 2. The Hall–Kier alpha value is -2.91. The van der Waals surface area contributed by atoms with Gasteiger partial charge in [-0.15, -0.1) is 0 Å². The third kappa shape index (κ3) is 5.05. The second-order valence-electron chi connectivity index (χ2n) is 7.24. The highest BCUT2D eigenvalue weighted by Crippen LogP contribution is 2.25. The van der Waals surface area contributed by atoms with Crippen LogP contribution in [0.3, 0.4) is 0 Å². The van der Waals surface area contributed by atoms with Crippen molar-refractivity contribution in [1.29, 1.82) is 0 Å². The van der Waals surface area contributed by atoms with E-state index in [1.807, 2.05) is 13.0 Å². The van der Waals surface area contributed by atoms with Crippen LogP contribution in [0.25, 0.3) is 0 Å². The van der Waals surface area contributed by atoms with Gasteiger partial charge in [-0.1, -0.05) is 11.6 Å². The maximum atomic E-state index is 13.3. The molecule has 0 unspecified atom stereocenters. The first kappa shape index (κ1) is 21.3. The summed E-state index contributed by atoms with van der Waals surface area (Å²) < 4.78 is 40.8. The van der Waals surface area contributed by atoms with Crippen molar-refractivity contribution < 1.29 is 12.8 Å². The van der Waals surface area contributed by atoms with Gasteiger partial charge < -0.3 is 10.2 Å². The first-order valence-electron chi connectivity index (χ1n) is 9.76. The molecule has 162 valence electrons. The molecule has 0 radical (unpaired) electrons. The minimum atomic E-state index is -3.89. The molecule has 7 nitrogen and oxygen atoms in total. The van der Waals surface area contributed by atoms with Crippen LogP contribution in [0.5, 0.6) is 0 Å². The summed E-state index contributed by atoms with van der Waals surface area (Å²) in [4.78, 5) is 11.1. The topological polar surface area (TPSA) is 87.2 Å². The van der Waals surface area contributed by atoms with Crippen molar-refractivity contribution in [2.24, 2.45) is 0 Å². The summed E-state index contributed by atoms with van der Waals surface area (Å²) in [5.74, 6) is 1.57. The second-order valence-corrected chi connectivity index (χ2v) is 9.33. The zero-order valence-electron chi connectivity index (χ0n) is 16.8. The summed E-state index contributed by atoms with van der Waals surface area (Å²) in [7, 11) is -3.89. The predicted octanol–water partition coefficient (Wildman–Crippen LogP) is 4.72. The molecule has 31 heavy (non-hydrogen) atoms. The molecule has 1 aromatic heterocycles. The number of hydrogen-bond acceptors (Lipinski definition) is 6. The highest BCUT2D eigenvalue weighted by molar-refractivity contribution is 7.92. The SMILES string of the molecule is Cc1nc(Nc2ccc(NS(=O)(=O)c3ccc(F)c(Cl)c3)cc2)cc(N2CCCC2)n1. The van der Waals surface area contributed by atoms with Crippen LogP contribution in [0.2, 0.25) is 5.02 Å². The van der Waals surface area contributed by atoms with E-state index in [1.54, 1.807) is 24.3 Å². The number of anilines is 4. The fourth-order valence-electron chi connectivity index (χ4n) is 3.35. The molecule has 0 aliphatic carbocycles. The van der Waals surface area contributed by atoms with Crippen molar-refractivity contribution in [3.05, 3.63) is 65.2 Å². The highest BCUT2D eigenvalue weighted by atomic mass is 35.5. The molecule has 1 fully saturated rings. The van der Waals surface area contributed by atoms with E-state index in [4.69, 9.17) is 11.6 Å². The van der Waals surface area contributed by atoms with Crippen molar-refractivity contribution in [1.82, 2.24) is 9.97 Å². The average Bonchev–Trinajstić information content (AvgIpc) is 3.26. The molecule has 0 spiro atoms. The molecule has 1 aliphatic rings. The molecule has 10 heteroatoms. The first-order chi connectivity index (χ1) is 14.8. The summed E-state index contributed by atoms with van der Waals surface area (Å²) in [6, 6.07) is 11.9. The lowest BCUT2D eigenvalue weighted by atomic mass is 10.3. The van der Waals surface area contributed by atoms with Crippen LogP contribution in [-0.4, -0.2) is 31.5 Å². The molecule has 1 saturated heterocycles. The minimum Gasteiger partial charge on any atom is -0.356 e. The number of nitrogens with one attached hydrogen (secondary N) is 2. The van der Waals surface area contributed by atoms with Gasteiger partial charge in [0.25, 0.3) is 10.0 Å². The predicted molar refractivity (Wildman–Crippen MR) is 120 cm³/mol. The molecule has 0 atom stereocenters. The Morgan fingerprint density at radius 2 is 1.68 bits per heavy atom. The van der Waals surface area contributed by atoms with Gasteiger partial charge in [0.15, 0.2) is 0 Å². The van der Waals surface area contributed by atoms with Gasteiger partial charge in [-0.3, -0.25) is 4.72 Å². The Labute approximate surface area is 185 Å². The van der Waals surface area contributed by atoms with E-state index in [-0.39, 0.29) is 9.92 Å². The number of rotatable bonds is 6. The van der Waals surface area contributed by atoms with Gasteiger partial charge in [-0.05, 0) is 62.2 Å². The van der Waals surface area contributed by atoms with Gasteiger partial charge in [0, 0.05) is 30.5 Å². The largest absolute Gasteiger partial charge is 0.356 e. The molecular weight excluding hydrogens is 441 g/mol. The molecule has 3 aromatic rings. The zero-order chi connectivity index (χ0) is 22.0. The van der Waals surface area contributed by atoms with E-state index in [0.717, 1.165) is 55.6 Å². The molecule has 0 saturated carbocycles. The molecule has 2 aromatic carbocycles. The summed E-state index contributed by atoms with van der Waals surface area (Å²) >= 11 is 5.70. The van der Waals surface area contributed by atoms with Crippen LogP contribution in [0.15, 0.2) is 53.4 Å². The number of halogens is 2. The van der Waals surface area contributed by atoms with Crippen molar-refractivity contribution in [3.63, 3.8) is 0 Å². The molecule has 2 N–H and O–H groups in total. The molecular formula is C21H21ClFN5O2S. The van der Waals surface area contributed by atoms with Crippen LogP contribution in [-0.2, 0) is 10.0 Å². The van der Waals surface area contributed by atoms with E-state index in [2.05, 4.69) is 24.9 Å². The summed E-state index contributed by atoms with van der Waals surface area (Å²) in [5, 5.41) is 2.98. The Kier molecular flexibility index (Phi) is 5.97. The fraction of sp³-hybridized carbons (Fsp3) is 0.238. The lowest BCUT2D eigenvalue weighted by Gasteiger charge is -2.18. The van der Waals surface area contributed by atoms with E-state index < -0.39 is 15.8 Å². The number of sulfonamides is 1.